The zero-order valence-electron chi connectivity index (χ0n) is 75.1. The Balaban J connectivity index is 1.01. The molecule has 8 aliphatic heterocycles. The number of phenols is 3. The zero-order valence-corrected chi connectivity index (χ0v) is 77.4. The highest BCUT2D eigenvalue weighted by Gasteiger charge is 2.53. The van der Waals surface area contributed by atoms with Crippen LogP contribution in [0, 0.1) is 0 Å². The van der Waals surface area contributed by atoms with Crippen LogP contribution in [0.15, 0.2) is 127 Å². The molecule has 11 bridgehead atoms. The summed E-state index contributed by atoms with van der Waals surface area (Å²) in [6, 6.07) is 13.8. The van der Waals surface area contributed by atoms with E-state index in [4.69, 9.17) is 94.6 Å². The number of hydrogen-bond donors (Lipinski definition) is 23. The number of phenolic OH excluding ortho intramolecular Hbond substituents is 3. The molecular formula is C93H112Cl3N13O28. The zero-order chi connectivity index (χ0) is 98.9. The largest absolute Gasteiger partial charge is 0.508 e. The molecule has 0 aromatic heterocycles. The first kappa shape index (κ1) is 103. The summed E-state index contributed by atoms with van der Waals surface area (Å²) in [6.45, 7) is 7.31. The second kappa shape index (κ2) is 44.7. The van der Waals surface area contributed by atoms with Gasteiger partial charge in [-0.1, -0.05) is 89.4 Å². The molecule has 3 saturated heterocycles. The summed E-state index contributed by atoms with van der Waals surface area (Å²) in [7, 11) is 1.36. The first-order chi connectivity index (χ1) is 65.1. The number of benzene rings is 7. The van der Waals surface area contributed by atoms with Crippen LogP contribution in [0.3, 0.4) is 0 Å². The van der Waals surface area contributed by atoms with Crippen LogP contribution in [0.2, 0.25) is 15.1 Å². The lowest BCUT2D eigenvalue weighted by molar-refractivity contribution is -0.334. The number of carbonyl (C=O) groups excluding carboxylic acids is 9. The molecule has 8 heterocycles. The molecule has 7 aromatic carbocycles. The van der Waals surface area contributed by atoms with Crippen molar-refractivity contribution in [2.24, 2.45) is 17.2 Å². The first-order valence-corrected chi connectivity index (χ1v) is 45.4. The molecule has 8 amide bonds. The van der Waals surface area contributed by atoms with Gasteiger partial charge in [-0.2, -0.15) is 0 Å². The Kier molecular flexibility index (Phi) is 33.7. The Morgan fingerprint density at radius 1 is 0.642 bits per heavy atom. The molecule has 0 aliphatic carbocycles. The Labute approximate surface area is 800 Å². The molecule has 0 spiro atoms. The van der Waals surface area contributed by atoms with Gasteiger partial charge >= 0.3 is 5.97 Å². The van der Waals surface area contributed by atoms with Crippen molar-refractivity contribution >= 4 is 88.0 Å². The van der Waals surface area contributed by atoms with Crippen molar-refractivity contribution in [2.75, 3.05) is 46.4 Å². The van der Waals surface area contributed by atoms with Gasteiger partial charge in [0.05, 0.1) is 59.6 Å². The maximum absolute atomic E-state index is 16.8. The molecule has 7 aromatic rings. The van der Waals surface area contributed by atoms with Gasteiger partial charge in [-0.05, 0) is 186 Å². The van der Waals surface area contributed by atoms with Crippen LogP contribution >= 0.6 is 34.8 Å². The van der Waals surface area contributed by atoms with E-state index >= 15 is 28.8 Å². The van der Waals surface area contributed by atoms with Crippen molar-refractivity contribution in [3.05, 3.63) is 176 Å². The number of ether oxygens (including phenoxy) is 9. The number of carbonyl (C=O) groups is 9. The smallest absolute Gasteiger partial charge is 0.333 e. The lowest BCUT2D eigenvalue weighted by Crippen LogP contribution is -2.65. The van der Waals surface area contributed by atoms with Crippen molar-refractivity contribution in [2.45, 2.75) is 219 Å². The number of aliphatic hydroxyl groups is 7. The Hall–Kier alpha value is -11.2. The van der Waals surface area contributed by atoms with E-state index in [1.54, 1.807) is 26.0 Å². The lowest BCUT2D eigenvalue weighted by atomic mass is 9.84. The van der Waals surface area contributed by atoms with Crippen LogP contribution in [0.4, 0.5) is 0 Å². The minimum absolute atomic E-state index is 0.0864. The fourth-order valence-electron chi connectivity index (χ4n) is 17.1. The minimum Gasteiger partial charge on any atom is -0.508 e. The summed E-state index contributed by atoms with van der Waals surface area (Å²) >= 11 is 21.0. The van der Waals surface area contributed by atoms with E-state index in [1.165, 1.54) is 58.2 Å². The summed E-state index contributed by atoms with van der Waals surface area (Å²) < 4.78 is 58.9. The van der Waals surface area contributed by atoms with E-state index in [9.17, 15) is 65.4 Å². The second-order valence-corrected chi connectivity index (χ2v) is 36.3. The third kappa shape index (κ3) is 24.4. The highest BCUT2D eigenvalue weighted by molar-refractivity contribution is 6.32. The molecule has 15 rings (SSSR count). The molecule has 3 fully saturated rings. The summed E-state index contributed by atoms with van der Waals surface area (Å²) in [5.41, 5.74) is 15.1. The monoisotopic (exact) mass is 1960 g/mol. The van der Waals surface area contributed by atoms with Gasteiger partial charge in [0.15, 0.2) is 42.8 Å². The number of primary amides is 1. The van der Waals surface area contributed by atoms with Gasteiger partial charge in [0.1, 0.15) is 89.5 Å². The average molecular weight is 1970 g/mol. The number of likely N-dealkylation sites (N-methyl/N-ethyl adjacent to an activating group) is 1. The van der Waals surface area contributed by atoms with Gasteiger partial charge in [0.25, 0.3) is 5.91 Å². The molecular weight excluding hydrogens is 1850 g/mol. The molecule has 2 unspecified atom stereocenters. The van der Waals surface area contributed by atoms with Gasteiger partial charge in [-0.3, -0.25) is 38.4 Å². The fraction of sp³-hybridized carbons (Fsp3) is 0.452. The van der Waals surface area contributed by atoms with Crippen molar-refractivity contribution in [1.29, 1.82) is 0 Å². The third-order valence-electron chi connectivity index (χ3n) is 24.5. The van der Waals surface area contributed by atoms with Crippen LogP contribution in [0.5, 0.6) is 46.0 Å². The number of nitrogens with one attached hydrogen (secondary N) is 10. The number of aliphatic hydroxyl groups excluding tert-OH is 7. The Morgan fingerprint density at radius 2 is 1.26 bits per heavy atom. The maximum Gasteiger partial charge on any atom is 0.333 e. The predicted molar refractivity (Wildman–Crippen MR) is 490 cm³/mol. The van der Waals surface area contributed by atoms with Gasteiger partial charge in [-0.15, -0.1) is 0 Å². The number of hydrogen-bond acceptors (Lipinski definition) is 33. The fourth-order valence-corrected chi connectivity index (χ4v) is 17.7. The van der Waals surface area contributed by atoms with Crippen LogP contribution in [0.25, 0.3) is 22.3 Å². The first-order valence-electron chi connectivity index (χ1n) is 44.3. The van der Waals surface area contributed by atoms with Crippen LogP contribution < -0.4 is 84.6 Å². The summed E-state index contributed by atoms with van der Waals surface area (Å²) in [5.74, 6) is -17.1. The number of amides is 8. The topological polar surface area (TPSA) is 637 Å². The normalized spacial score (nSPS) is 28.3. The average Bonchev–Trinajstić information content (AvgIpc) is 0.759. The van der Waals surface area contributed by atoms with Crippen LogP contribution in [-0.4, -0.2) is 260 Å². The molecule has 41 nitrogen and oxygen atoms in total. The molecule has 0 saturated carbocycles. The van der Waals surface area contributed by atoms with Crippen molar-refractivity contribution in [3.63, 3.8) is 0 Å². The van der Waals surface area contributed by atoms with Gasteiger partial charge in [-0.25, -0.2) is 4.79 Å². The van der Waals surface area contributed by atoms with Crippen molar-refractivity contribution in [1.82, 2.24) is 53.2 Å². The molecule has 44 heteroatoms. The van der Waals surface area contributed by atoms with Gasteiger partial charge in [0.2, 0.25) is 53.4 Å². The Bertz CT molecular complexity index is 5580. The van der Waals surface area contributed by atoms with E-state index in [0.29, 0.717) is 37.5 Å². The SMILES string of the molecule is CN[C@H](CC(C)O)C(=O)N[C@H]1C(=O)N[C@@H](CC(N)=O)C(=O)N[C@H]2C(=O)N[C@H]3C(=O)N[C@H](C(=O)N[C@H](C(=O)OCC(=O)NCCCNCCCN)c4cc(O)cc(O)c4-c4cc3ccc4O)[C@H](O[C@H]3C[C@](C)(N)[C@@H](O)[C@H](C)O3)c3ccc(c(Cl)c3)Oc3cc2cc(c3OC2O[C@H](CO)[C@@H](O)[C@H](O)[C@H]2O[C@H]2C[C@](C)(NCc3ccc(-c4ccc(Cl)cc4)cc3)[C@@H](O)[C@H](C)O2)Oc2ccc(cc2Cl)[C@H]1O. The lowest BCUT2D eigenvalue weighted by Gasteiger charge is -2.48. The summed E-state index contributed by atoms with van der Waals surface area (Å²) in [4.78, 5) is 137. The second-order valence-electron chi connectivity index (χ2n) is 35.0. The standard InChI is InChI=1S/C93H112Cl3N13O28/c1-41(111)27-57(100-6)84(122)108-74-76(117)48-16-21-61(55(95)29-48)132-63-31-50-32-64(80(63)137-91-81(78(119)77(118)65(39-110)134-91)136-69-37-93(5,83(121)43(3)131-69)103-38-44-9-11-45(12-10-44)46-13-18-51(94)19-14-46)133-62-22-17-49(30-56(62)96)79(135-68-36-92(4,99)82(120)42(2)130-68)75-89(127)107-73(90(128)129-40-67(116)102-26-8-25-101-24-7-23-97)54-33-52(112)34-60(114)70(54)53-28-47(15-20-59(53)113)71(86(124)109-75)106-87(125)72(50)105-85(123)58(35-66(98)115)104-88(74)126/h9-22,28-34,41-43,57-58,65,68-69,71-79,81-83,91,100-101,103,110-114,117-121H,7-8,23-27,35-40,97,99H2,1-6H3,(H2,98,115)(H,102,116)(H,104,126)(H,105,123)(H,106,125)(H,107,127)(H,108,122)(H,109,124)/t41?,42-,43-,57+,58-,65+,68-,69-,71+,72+,73-,74+,75-,76+,77+,78-,79+,81+,82-,83-,91?,92-,93-/m0/s1. The molecule has 137 heavy (non-hydrogen) atoms. The van der Waals surface area contributed by atoms with Gasteiger partial charge < -0.3 is 164 Å². The molecule has 23 atom stereocenters. The van der Waals surface area contributed by atoms with Crippen molar-refractivity contribution < 1.29 is 137 Å². The Morgan fingerprint density at radius 3 is 1.89 bits per heavy atom. The van der Waals surface area contributed by atoms with E-state index in [-0.39, 0.29) is 43.5 Å². The number of esters is 1. The van der Waals surface area contributed by atoms with E-state index in [0.717, 1.165) is 65.2 Å². The van der Waals surface area contributed by atoms with Crippen molar-refractivity contribution in [3.8, 4) is 68.2 Å². The van der Waals surface area contributed by atoms with E-state index < -0.39 is 296 Å². The predicted octanol–water partition coefficient (Wildman–Crippen LogP) is 2.12. The van der Waals surface area contributed by atoms with Crippen LogP contribution in [0.1, 0.15) is 137 Å². The number of nitrogens with two attached hydrogens (primary N) is 3. The van der Waals surface area contributed by atoms with Gasteiger partial charge in [0, 0.05) is 64.8 Å². The van der Waals surface area contributed by atoms with E-state index in [1.807, 2.05) is 36.4 Å². The number of rotatable bonds is 28. The highest BCUT2D eigenvalue weighted by Crippen LogP contribution is 2.51. The summed E-state index contributed by atoms with van der Waals surface area (Å²) in [5, 5.41) is 144. The maximum atomic E-state index is 16.8. The molecule has 26 N–H and O–H groups in total. The quantitative estimate of drug-likeness (QED) is 0.0247. The highest BCUT2D eigenvalue weighted by atomic mass is 35.5. The molecule has 0 radical (unpaired) electrons. The third-order valence-corrected chi connectivity index (χ3v) is 25.4. The molecule has 8 aliphatic rings. The van der Waals surface area contributed by atoms with E-state index in [2.05, 4.69) is 53.2 Å². The number of halogens is 3. The molecule has 738 valence electrons. The summed E-state index contributed by atoms with van der Waals surface area (Å²) in [6.07, 6.45) is -24.0. The minimum atomic E-state index is -2.45. The number of aromatic hydroxyl groups is 3. The number of fused-ring (bicyclic) bond motifs is 15. The van der Waals surface area contributed by atoms with Crippen LogP contribution in [-0.2, 0) is 78.1 Å².